The van der Waals surface area contributed by atoms with E-state index in [9.17, 15) is 13.2 Å². The van der Waals surface area contributed by atoms with Gasteiger partial charge >= 0.3 is 6.18 Å². The van der Waals surface area contributed by atoms with Crippen LogP contribution >= 0.6 is 11.6 Å². The van der Waals surface area contributed by atoms with E-state index in [4.69, 9.17) is 11.6 Å². The first-order valence-corrected chi connectivity index (χ1v) is 7.48. The molecule has 1 rings (SSSR count). The molecule has 1 aromatic rings. The van der Waals surface area contributed by atoms with Crippen molar-refractivity contribution in [1.82, 2.24) is 20.5 Å². The van der Waals surface area contributed by atoms with Gasteiger partial charge in [0.1, 0.15) is 5.15 Å². The van der Waals surface area contributed by atoms with Crippen molar-refractivity contribution in [3.05, 3.63) is 29.0 Å². The van der Waals surface area contributed by atoms with Gasteiger partial charge in [-0.15, -0.1) is 0 Å². The van der Waals surface area contributed by atoms with Crippen LogP contribution in [0.1, 0.15) is 5.56 Å². The molecule has 0 saturated carbocycles. The molecule has 1 aromatic heterocycles. The maximum Gasteiger partial charge on any atom is 0.401 e. The molecule has 5 nitrogen and oxygen atoms in total. The minimum absolute atomic E-state index is 0.265. The number of aromatic nitrogens is 1. The van der Waals surface area contributed by atoms with Crippen molar-refractivity contribution in [3.63, 3.8) is 0 Å². The molecule has 0 bridgehead atoms. The summed E-state index contributed by atoms with van der Waals surface area (Å²) in [6.45, 7) is 0.335. The van der Waals surface area contributed by atoms with Gasteiger partial charge in [0.15, 0.2) is 5.96 Å². The molecule has 2 N–H and O–H groups in total. The van der Waals surface area contributed by atoms with Gasteiger partial charge in [-0.3, -0.25) is 9.89 Å². The van der Waals surface area contributed by atoms with Crippen LogP contribution in [0.2, 0.25) is 5.15 Å². The number of halogens is 4. The Bertz CT molecular complexity index is 490. The van der Waals surface area contributed by atoms with E-state index in [2.05, 4.69) is 20.6 Å². The zero-order valence-corrected chi connectivity index (χ0v) is 13.9. The van der Waals surface area contributed by atoms with Crippen molar-refractivity contribution < 1.29 is 13.2 Å². The van der Waals surface area contributed by atoms with Gasteiger partial charge in [0, 0.05) is 32.9 Å². The molecule has 0 atom stereocenters. The monoisotopic (exact) mass is 351 g/mol. The Morgan fingerprint density at radius 2 is 2.00 bits per heavy atom. The van der Waals surface area contributed by atoms with E-state index >= 15 is 0 Å². The third kappa shape index (κ3) is 9.25. The van der Waals surface area contributed by atoms with Gasteiger partial charge in [0.05, 0.1) is 6.54 Å². The highest BCUT2D eigenvalue weighted by atomic mass is 35.5. The number of hydrogen-bond donors (Lipinski definition) is 2. The zero-order valence-electron chi connectivity index (χ0n) is 13.1. The zero-order chi connectivity index (χ0) is 17.3. The number of aliphatic imine (C=N–C) groups is 1. The predicted octanol–water partition coefficient (Wildman–Crippen LogP) is 1.94. The Kier molecular flexibility index (Phi) is 8.11. The van der Waals surface area contributed by atoms with E-state index in [-0.39, 0.29) is 6.54 Å². The second kappa shape index (κ2) is 9.57. The number of rotatable bonds is 7. The van der Waals surface area contributed by atoms with Crippen LogP contribution < -0.4 is 10.6 Å². The second-order valence-corrected chi connectivity index (χ2v) is 5.41. The van der Waals surface area contributed by atoms with Crippen LogP contribution in [0.25, 0.3) is 0 Å². The van der Waals surface area contributed by atoms with Gasteiger partial charge < -0.3 is 10.6 Å². The summed E-state index contributed by atoms with van der Waals surface area (Å²) in [5, 5.41) is 6.51. The Morgan fingerprint density at radius 1 is 1.30 bits per heavy atom. The van der Waals surface area contributed by atoms with Crippen molar-refractivity contribution in [2.45, 2.75) is 12.6 Å². The topological polar surface area (TPSA) is 52.6 Å². The third-order valence-corrected chi connectivity index (χ3v) is 3.18. The van der Waals surface area contributed by atoms with Gasteiger partial charge in [-0.1, -0.05) is 17.7 Å². The first-order chi connectivity index (χ1) is 10.8. The molecule has 0 saturated heterocycles. The number of hydrogen-bond acceptors (Lipinski definition) is 3. The van der Waals surface area contributed by atoms with Crippen molar-refractivity contribution in [3.8, 4) is 0 Å². The normalized spacial score (nSPS) is 12.6. The van der Waals surface area contributed by atoms with Gasteiger partial charge in [-0.05, 0) is 25.1 Å². The second-order valence-electron chi connectivity index (χ2n) is 5.02. The molecule has 1 heterocycles. The average molecular weight is 352 g/mol. The molecule has 0 fully saturated rings. The van der Waals surface area contributed by atoms with Crippen LogP contribution in [0.5, 0.6) is 0 Å². The molecule has 23 heavy (non-hydrogen) atoms. The van der Waals surface area contributed by atoms with Gasteiger partial charge in [-0.25, -0.2) is 4.98 Å². The van der Waals surface area contributed by atoms with Crippen molar-refractivity contribution >= 4 is 17.6 Å². The maximum absolute atomic E-state index is 12.2. The largest absolute Gasteiger partial charge is 0.401 e. The molecule has 0 unspecified atom stereocenters. The fourth-order valence-corrected chi connectivity index (χ4v) is 1.96. The van der Waals surface area contributed by atoms with E-state index in [0.717, 1.165) is 12.0 Å². The minimum Gasteiger partial charge on any atom is -0.356 e. The molecule has 9 heteroatoms. The van der Waals surface area contributed by atoms with Crippen molar-refractivity contribution in [2.75, 3.05) is 40.3 Å². The van der Waals surface area contributed by atoms with E-state index in [1.54, 1.807) is 19.3 Å². The summed E-state index contributed by atoms with van der Waals surface area (Å²) in [5.41, 5.74) is 1.03. The molecule has 130 valence electrons. The molecule has 0 spiro atoms. The van der Waals surface area contributed by atoms with E-state index in [1.165, 1.54) is 11.9 Å². The molecule has 0 aliphatic heterocycles. The lowest BCUT2D eigenvalue weighted by atomic mass is 10.2. The standard InChI is InChI=1S/C14H21ClF3N5/c1-19-13(21-7-8-23(2)10-14(16,17)18)20-6-5-11-3-4-12(15)22-9-11/h3-4,9H,5-8,10H2,1-2H3,(H2,19,20,21). The molecular formula is C14H21ClF3N5. The Balaban J connectivity index is 2.23. The van der Waals surface area contributed by atoms with Crippen molar-refractivity contribution in [2.24, 2.45) is 4.99 Å². The van der Waals surface area contributed by atoms with Gasteiger partial charge in [0.2, 0.25) is 0 Å². The number of nitrogens with one attached hydrogen (secondary N) is 2. The van der Waals surface area contributed by atoms with Crippen LogP contribution in [0.4, 0.5) is 13.2 Å². The predicted molar refractivity (Wildman–Crippen MR) is 85.9 cm³/mol. The number of likely N-dealkylation sites (N-methyl/N-ethyl adjacent to an activating group) is 1. The lowest BCUT2D eigenvalue weighted by Crippen LogP contribution is -2.42. The van der Waals surface area contributed by atoms with Gasteiger partial charge in [0.25, 0.3) is 0 Å². The Hall–Kier alpha value is -1.54. The summed E-state index contributed by atoms with van der Waals surface area (Å²) < 4.78 is 36.6. The van der Waals surface area contributed by atoms with Crippen molar-refractivity contribution in [1.29, 1.82) is 0 Å². The highest BCUT2D eigenvalue weighted by Crippen LogP contribution is 2.14. The lowest BCUT2D eigenvalue weighted by molar-refractivity contribution is -0.142. The first-order valence-electron chi connectivity index (χ1n) is 7.10. The molecule has 0 aliphatic rings. The van der Waals surface area contributed by atoms with E-state index < -0.39 is 12.7 Å². The van der Waals surface area contributed by atoms with Crippen LogP contribution in [0, 0.1) is 0 Å². The van der Waals surface area contributed by atoms with E-state index in [1.807, 2.05) is 6.07 Å². The molecule has 0 aromatic carbocycles. The highest BCUT2D eigenvalue weighted by molar-refractivity contribution is 6.29. The summed E-state index contributed by atoms with van der Waals surface area (Å²) >= 11 is 5.71. The fourth-order valence-electron chi connectivity index (χ4n) is 1.85. The summed E-state index contributed by atoms with van der Waals surface area (Å²) in [4.78, 5) is 9.22. The number of alkyl halides is 3. The Labute approximate surface area is 138 Å². The average Bonchev–Trinajstić information content (AvgIpc) is 2.45. The fraction of sp³-hybridized carbons (Fsp3) is 0.571. The van der Waals surface area contributed by atoms with E-state index in [0.29, 0.717) is 24.2 Å². The summed E-state index contributed by atoms with van der Waals surface area (Å²) in [5.74, 6) is 0.548. The number of guanidine groups is 1. The summed E-state index contributed by atoms with van der Waals surface area (Å²) in [7, 11) is 3.04. The highest BCUT2D eigenvalue weighted by Gasteiger charge is 2.28. The molecule has 0 amide bonds. The van der Waals surface area contributed by atoms with Crippen LogP contribution in [-0.4, -0.2) is 62.3 Å². The maximum atomic E-state index is 12.2. The Morgan fingerprint density at radius 3 is 2.57 bits per heavy atom. The molecule has 0 aliphatic carbocycles. The SMILES string of the molecule is CN=C(NCCc1ccc(Cl)nc1)NCCN(C)CC(F)(F)F. The number of nitrogens with zero attached hydrogens (tertiary/aromatic N) is 3. The van der Waals surface area contributed by atoms with Crippen LogP contribution in [-0.2, 0) is 6.42 Å². The quantitative estimate of drug-likeness (QED) is 0.448. The number of pyridine rings is 1. The van der Waals surface area contributed by atoms with Crippen LogP contribution in [0.3, 0.4) is 0 Å². The lowest BCUT2D eigenvalue weighted by Gasteiger charge is -2.19. The summed E-state index contributed by atoms with van der Waals surface area (Å²) in [6.07, 6.45) is -1.74. The minimum atomic E-state index is -4.18. The third-order valence-electron chi connectivity index (χ3n) is 2.95. The van der Waals surface area contributed by atoms with Crippen LogP contribution in [0.15, 0.2) is 23.3 Å². The van der Waals surface area contributed by atoms with Gasteiger partial charge in [-0.2, -0.15) is 13.2 Å². The smallest absolute Gasteiger partial charge is 0.356 e. The first kappa shape index (κ1) is 19.5. The summed E-state index contributed by atoms with van der Waals surface area (Å²) in [6, 6.07) is 3.61. The molecular weight excluding hydrogens is 331 g/mol. The molecule has 0 radical (unpaired) electrons.